The van der Waals surface area contributed by atoms with Gasteiger partial charge in [-0.2, -0.15) is 18.4 Å². The van der Waals surface area contributed by atoms with E-state index in [4.69, 9.17) is 23.2 Å². The summed E-state index contributed by atoms with van der Waals surface area (Å²) >= 11 is 5.25. The van der Waals surface area contributed by atoms with Gasteiger partial charge < -0.3 is 16.4 Å². The van der Waals surface area contributed by atoms with E-state index in [-0.39, 0.29) is 11.5 Å². The van der Waals surface area contributed by atoms with E-state index in [1.54, 1.807) is 30.3 Å². The lowest BCUT2D eigenvalue weighted by atomic mass is 10.00. The number of nitriles is 1. The minimum Gasteiger partial charge on any atom is -0.397 e. The van der Waals surface area contributed by atoms with Crippen LogP contribution in [0.3, 0.4) is 0 Å². The molecule has 0 amide bonds. The minimum absolute atomic E-state index is 0.171. The summed E-state index contributed by atoms with van der Waals surface area (Å²) in [5.41, 5.74) is 6.58. The highest BCUT2D eigenvalue weighted by Crippen LogP contribution is 2.31. The number of nitrogen functional groups attached to an aromatic ring is 1. The Balaban J connectivity index is 2.18. The van der Waals surface area contributed by atoms with E-state index in [0.29, 0.717) is 23.4 Å². The summed E-state index contributed by atoms with van der Waals surface area (Å²) in [6, 6.07) is 13.4. The van der Waals surface area contributed by atoms with E-state index >= 15 is 0 Å². The molecule has 0 bridgehead atoms. The van der Waals surface area contributed by atoms with Gasteiger partial charge in [0.05, 0.1) is 29.0 Å². The van der Waals surface area contributed by atoms with Crippen molar-refractivity contribution in [1.82, 2.24) is 5.32 Å². The fraction of sp³-hybridized carbons (Fsp3) is 0.222. The largest absolute Gasteiger partial charge is 0.416 e. The van der Waals surface area contributed by atoms with Gasteiger partial charge in [-0.05, 0) is 48.5 Å². The molecule has 0 radical (unpaired) electrons. The number of halogens is 3. The molecule has 0 saturated heterocycles. The summed E-state index contributed by atoms with van der Waals surface area (Å²) in [6.45, 7) is 0. The lowest BCUT2D eigenvalue weighted by Gasteiger charge is -2.22. The van der Waals surface area contributed by atoms with Crippen molar-refractivity contribution in [3.8, 4) is 6.07 Å². The molecule has 1 atom stereocenters. The van der Waals surface area contributed by atoms with Gasteiger partial charge in [0.1, 0.15) is 0 Å². The van der Waals surface area contributed by atoms with Gasteiger partial charge in [-0.1, -0.05) is 24.3 Å². The average molecular weight is 378 g/mol. The van der Waals surface area contributed by atoms with Gasteiger partial charge in [-0.15, -0.1) is 0 Å². The predicted octanol–water partition coefficient (Wildman–Crippen LogP) is 4.62. The van der Waals surface area contributed by atoms with Crippen molar-refractivity contribution in [1.29, 1.82) is 5.26 Å². The molecule has 0 saturated carbocycles. The number of hydrogen-bond donors (Lipinski definition) is 3. The highest BCUT2D eigenvalue weighted by molar-refractivity contribution is 7.80. The molecule has 4 N–H and O–H groups in total. The Morgan fingerprint density at radius 3 is 2.58 bits per heavy atom. The minimum atomic E-state index is -4.44. The number of benzene rings is 2. The molecular formula is C18H17F3N4S. The number of rotatable bonds is 5. The van der Waals surface area contributed by atoms with E-state index in [0.717, 1.165) is 12.1 Å². The molecule has 0 aliphatic rings. The van der Waals surface area contributed by atoms with Crippen LogP contribution in [-0.4, -0.2) is 5.11 Å². The highest BCUT2D eigenvalue weighted by Gasteiger charge is 2.31. The Morgan fingerprint density at radius 2 is 1.92 bits per heavy atom. The van der Waals surface area contributed by atoms with E-state index in [1.807, 2.05) is 6.07 Å². The molecule has 0 spiro atoms. The van der Waals surface area contributed by atoms with Gasteiger partial charge in [-0.3, -0.25) is 0 Å². The average Bonchev–Trinajstić information content (AvgIpc) is 2.60. The standard InChI is InChI=1S/C18H17F3N4S/c19-18(20,21)13-6-3-5-12(11-13)15(9-4-10-22)24-17(26)25-16-8-2-1-7-14(16)23/h1-3,5-8,11,15H,4,9,23H2,(H2,24,25,26). The van der Waals surface area contributed by atoms with Crippen molar-refractivity contribution in [3.05, 3.63) is 59.7 Å². The normalized spacial score (nSPS) is 12.1. The maximum absolute atomic E-state index is 13.0. The second kappa shape index (κ2) is 8.54. The smallest absolute Gasteiger partial charge is 0.397 e. The number of alkyl halides is 3. The Hall–Kier alpha value is -2.79. The molecule has 2 rings (SSSR count). The van der Waals surface area contributed by atoms with Crippen molar-refractivity contribution >= 4 is 28.7 Å². The van der Waals surface area contributed by atoms with Gasteiger partial charge >= 0.3 is 6.18 Å². The molecule has 136 valence electrons. The zero-order valence-electron chi connectivity index (χ0n) is 13.7. The zero-order valence-corrected chi connectivity index (χ0v) is 14.5. The Bertz CT molecular complexity index is 815. The van der Waals surface area contributed by atoms with Crippen molar-refractivity contribution < 1.29 is 13.2 Å². The summed E-state index contributed by atoms with van der Waals surface area (Å²) in [7, 11) is 0. The molecule has 2 aromatic rings. The van der Waals surface area contributed by atoms with Gasteiger partial charge in [0.25, 0.3) is 0 Å². The molecule has 0 aromatic heterocycles. The molecule has 0 aliphatic heterocycles. The molecule has 0 heterocycles. The SMILES string of the molecule is N#CCCC(NC(=S)Nc1ccccc1N)c1cccc(C(F)(F)F)c1. The van der Waals surface area contributed by atoms with Gasteiger partial charge in [0.2, 0.25) is 0 Å². The van der Waals surface area contributed by atoms with Crippen LogP contribution in [0, 0.1) is 11.3 Å². The fourth-order valence-corrected chi connectivity index (χ4v) is 2.64. The van der Waals surface area contributed by atoms with Crippen molar-refractivity contribution in [2.75, 3.05) is 11.1 Å². The number of nitrogens with one attached hydrogen (secondary N) is 2. The van der Waals surface area contributed by atoms with Gasteiger partial charge in [0.15, 0.2) is 5.11 Å². The first-order chi connectivity index (χ1) is 12.3. The van der Waals surface area contributed by atoms with Crippen LogP contribution in [0.1, 0.15) is 30.0 Å². The first kappa shape index (κ1) is 19.5. The van der Waals surface area contributed by atoms with Crippen molar-refractivity contribution in [2.45, 2.75) is 25.1 Å². The van der Waals surface area contributed by atoms with Crippen LogP contribution in [0.25, 0.3) is 0 Å². The molecule has 0 aliphatic carbocycles. The van der Waals surface area contributed by atoms with E-state index in [1.165, 1.54) is 6.07 Å². The number of para-hydroxylation sites is 2. The number of nitrogens with zero attached hydrogens (tertiary/aromatic N) is 1. The van der Waals surface area contributed by atoms with E-state index in [9.17, 15) is 13.2 Å². The monoisotopic (exact) mass is 378 g/mol. The van der Waals surface area contributed by atoms with Crippen LogP contribution in [-0.2, 0) is 6.18 Å². The molecule has 4 nitrogen and oxygen atoms in total. The maximum Gasteiger partial charge on any atom is 0.416 e. The molecular weight excluding hydrogens is 361 g/mol. The highest BCUT2D eigenvalue weighted by atomic mass is 32.1. The third kappa shape index (κ3) is 5.36. The lowest BCUT2D eigenvalue weighted by Crippen LogP contribution is -2.32. The van der Waals surface area contributed by atoms with E-state index < -0.39 is 17.8 Å². The molecule has 2 aromatic carbocycles. The molecule has 8 heteroatoms. The van der Waals surface area contributed by atoms with Crippen LogP contribution in [0.15, 0.2) is 48.5 Å². The second-order valence-corrected chi connectivity index (χ2v) is 5.97. The predicted molar refractivity (Wildman–Crippen MR) is 99.2 cm³/mol. The summed E-state index contributed by atoms with van der Waals surface area (Å²) in [6.07, 6.45) is -3.96. The van der Waals surface area contributed by atoms with Crippen molar-refractivity contribution in [2.24, 2.45) is 0 Å². The maximum atomic E-state index is 13.0. The molecule has 26 heavy (non-hydrogen) atoms. The van der Waals surface area contributed by atoms with Crippen LogP contribution in [0.5, 0.6) is 0 Å². The Morgan fingerprint density at radius 1 is 1.19 bits per heavy atom. The number of thiocarbonyl (C=S) groups is 1. The number of nitrogens with two attached hydrogens (primary N) is 1. The summed E-state index contributed by atoms with van der Waals surface area (Å²) in [4.78, 5) is 0. The summed E-state index contributed by atoms with van der Waals surface area (Å²) < 4.78 is 38.9. The van der Waals surface area contributed by atoms with Crippen LogP contribution >= 0.6 is 12.2 Å². The Kier molecular flexibility index (Phi) is 6.41. The van der Waals surface area contributed by atoms with Crippen LogP contribution in [0.2, 0.25) is 0 Å². The summed E-state index contributed by atoms with van der Waals surface area (Å²) in [5, 5.41) is 14.9. The fourth-order valence-electron chi connectivity index (χ4n) is 2.39. The van der Waals surface area contributed by atoms with Crippen molar-refractivity contribution in [3.63, 3.8) is 0 Å². The third-order valence-corrected chi connectivity index (χ3v) is 3.90. The lowest BCUT2D eigenvalue weighted by molar-refractivity contribution is -0.137. The number of hydrogen-bond acceptors (Lipinski definition) is 3. The zero-order chi connectivity index (χ0) is 19.2. The van der Waals surface area contributed by atoms with Gasteiger partial charge in [-0.25, -0.2) is 0 Å². The second-order valence-electron chi connectivity index (χ2n) is 5.56. The third-order valence-electron chi connectivity index (χ3n) is 3.68. The topological polar surface area (TPSA) is 73.9 Å². The van der Waals surface area contributed by atoms with Gasteiger partial charge in [0, 0.05) is 6.42 Å². The van der Waals surface area contributed by atoms with Crippen LogP contribution in [0.4, 0.5) is 24.5 Å². The molecule has 0 fully saturated rings. The van der Waals surface area contributed by atoms with Crippen LogP contribution < -0.4 is 16.4 Å². The first-order valence-corrected chi connectivity index (χ1v) is 8.18. The Labute approximate surface area is 154 Å². The van der Waals surface area contributed by atoms with E-state index in [2.05, 4.69) is 10.6 Å². The quantitative estimate of drug-likeness (QED) is 0.523. The number of anilines is 2. The molecule has 1 unspecified atom stereocenters. The first-order valence-electron chi connectivity index (χ1n) is 7.77. The summed E-state index contributed by atoms with van der Waals surface area (Å²) in [5.74, 6) is 0.